The van der Waals surface area contributed by atoms with Crippen molar-refractivity contribution < 1.29 is 0 Å². The first kappa shape index (κ1) is 7.60. The molecular weight excluding hydrogens is 166 g/mol. The maximum absolute atomic E-state index is 5.54. The predicted molar refractivity (Wildman–Crippen MR) is 51.0 cm³/mol. The highest BCUT2D eigenvalue weighted by Gasteiger charge is 2.00. The molecule has 0 saturated heterocycles. The normalized spacial score (nSPS) is 12.2. The molecule has 0 unspecified atom stereocenters. The molecule has 0 spiro atoms. The molecule has 1 heterocycles. The van der Waals surface area contributed by atoms with Gasteiger partial charge in [-0.2, -0.15) is 5.10 Å². The summed E-state index contributed by atoms with van der Waals surface area (Å²) in [5.74, 6) is 5.38. The number of aromatic amines is 1. The lowest BCUT2D eigenvalue weighted by atomic mass is 10.2. The third-order valence-corrected chi connectivity index (χ3v) is 1.86. The number of rotatable bonds is 1. The van der Waals surface area contributed by atoms with Crippen molar-refractivity contribution in [3.8, 4) is 0 Å². The maximum Gasteiger partial charge on any atom is 0.150 e. The van der Waals surface area contributed by atoms with Gasteiger partial charge in [0, 0.05) is 5.56 Å². The lowest BCUT2D eigenvalue weighted by Gasteiger charge is -1.97. The third kappa shape index (κ3) is 1.20. The number of nitrogens with one attached hydrogen (secondary N) is 1. The first-order valence-corrected chi connectivity index (χ1v) is 3.78. The van der Waals surface area contributed by atoms with E-state index in [1.165, 1.54) is 0 Å². The van der Waals surface area contributed by atoms with E-state index in [9.17, 15) is 0 Å². The Morgan fingerprint density at radius 2 is 2.31 bits per heavy atom. The molecule has 2 aromatic rings. The highest BCUT2D eigenvalue weighted by atomic mass is 15.2. The molecule has 2 rings (SSSR count). The number of hydrogen-bond acceptors (Lipinski definition) is 3. The van der Waals surface area contributed by atoms with Crippen molar-refractivity contribution in [3.05, 3.63) is 30.1 Å². The van der Waals surface area contributed by atoms with E-state index >= 15 is 0 Å². The van der Waals surface area contributed by atoms with Crippen molar-refractivity contribution in [3.63, 3.8) is 0 Å². The summed E-state index contributed by atoms with van der Waals surface area (Å²) in [5.41, 5.74) is 8.15. The van der Waals surface area contributed by atoms with Crippen molar-refractivity contribution in [2.75, 3.05) is 0 Å². The quantitative estimate of drug-likeness (QED) is 0.249. The fraction of sp³-hybridized carbons (Fsp3) is 0. The molecule has 0 aliphatic heterocycles. The monoisotopic (exact) mass is 175 g/mol. The molecule has 66 valence electrons. The fourth-order valence-electron chi connectivity index (χ4n) is 1.17. The van der Waals surface area contributed by atoms with E-state index in [1.807, 2.05) is 18.2 Å². The average Bonchev–Trinajstić information content (AvgIpc) is 2.63. The summed E-state index contributed by atoms with van der Waals surface area (Å²) in [6.45, 7) is 0. The summed E-state index contributed by atoms with van der Waals surface area (Å²) in [6.07, 6.45) is 1.63. The number of nitrogens with zero attached hydrogens (tertiary/aromatic N) is 2. The van der Waals surface area contributed by atoms with Gasteiger partial charge in [-0.3, -0.25) is 0 Å². The van der Waals surface area contributed by atoms with Gasteiger partial charge < -0.3 is 16.6 Å². The van der Waals surface area contributed by atoms with E-state index in [-0.39, 0.29) is 0 Å². The molecule has 13 heavy (non-hydrogen) atoms. The van der Waals surface area contributed by atoms with Crippen LogP contribution in [0, 0.1) is 0 Å². The van der Waals surface area contributed by atoms with Crippen LogP contribution in [0.1, 0.15) is 5.56 Å². The van der Waals surface area contributed by atoms with E-state index in [2.05, 4.69) is 15.1 Å². The summed E-state index contributed by atoms with van der Waals surface area (Å²) >= 11 is 0. The van der Waals surface area contributed by atoms with Gasteiger partial charge in [0.05, 0.1) is 17.4 Å². The second-order valence-corrected chi connectivity index (χ2v) is 2.65. The maximum atomic E-state index is 5.54. The van der Waals surface area contributed by atoms with E-state index in [0.29, 0.717) is 5.84 Å². The van der Waals surface area contributed by atoms with Crippen LogP contribution >= 0.6 is 0 Å². The van der Waals surface area contributed by atoms with Crippen LogP contribution in [0.25, 0.3) is 11.0 Å². The highest BCUT2D eigenvalue weighted by Crippen LogP contribution is 2.10. The summed E-state index contributed by atoms with van der Waals surface area (Å²) in [4.78, 5) is 7.05. The van der Waals surface area contributed by atoms with Gasteiger partial charge in [0.25, 0.3) is 0 Å². The van der Waals surface area contributed by atoms with Gasteiger partial charge in [0.1, 0.15) is 5.84 Å². The Morgan fingerprint density at radius 3 is 3.08 bits per heavy atom. The average molecular weight is 175 g/mol. The number of benzene rings is 1. The minimum absolute atomic E-state index is 0.316. The Bertz CT molecular complexity index is 456. The van der Waals surface area contributed by atoms with E-state index < -0.39 is 0 Å². The Kier molecular flexibility index (Phi) is 1.63. The SMILES string of the molecule is N/N=C(\N)c1ccc2nc[nH]c2c1. The number of aromatic nitrogens is 2. The Morgan fingerprint density at radius 1 is 1.46 bits per heavy atom. The van der Waals surface area contributed by atoms with Gasteiger partial charge in [-0.25, -0.2) is 4.98 Å². The van der Waals surface area contributed by atoms with Crippen molar-refractivity contribution in [2.24, 2.45) is 16.7 Å². The van der Waals surface area contributed by atoms with Crippen LogP contribution in [0.15, 0.2) is 29.6 Å². The minimum atomic E-state index is 0.316. The third-order valence-electron chi connectivity index (χ3n) is 1.86. The Labute approximate surface area is 74.5 Å². The predicted octanol–water partition coefficient (Wildman–Crippen LogP) is 0.142. The largest absolute Gasteiger partial charge is 0.382 e. The molecule has 0 radical (unpaired) electrons. The van der Waals surface area contributed by atoms with E-state index in [0.717, 1.165) is 16.6 Å². The van der Waals surface area contributed by atoms with Crippen LogP contribution in [0.2, 0.25) is 0 Å². The van der Waals surface area contributed by atoms with E-state index in [4.69, 9.17) is 11.6 Å². The van der Waals surface area contributed by atoms with E-state index in [1.54, 1.807) is 6.33 Å². The van der Waals surface area contributed by atoms with Crippen molar-refractivity contribution in [1.29, 1.82) is 0 Å². The molecule has 0 aliphatic carbocycles. The van der Waals surface area contributed by atoms with Gasteiger partial charge in [-0.1, -0.05) is 0 Å². The summed E-state index contributed by atoms with van der Waals surface area (Å²) in [7, 11) is 0. The number of H-pyrrole nitrogens is 1. The van der Waals surface area contributed by atoms with Crippen molar-refractivity contribution in [1.82, 2.24) is 9.97 Å². The highest BCUT2D eigenvalue weighted by molar-refractivity contribution is 5.99. The molecule has 5 N–H and O–H groups in total. The second-order valence-electron chi connectivity index (χ2n) is 2.65. The van der Waals surface area contributed by atoms with Crippen LogP contribution in [0.5, 0.6) is 0 Å². The molecule has 0 aliphatic rings. The van der Waals surface area contributed by atoms with Gasteiger partial charge >= 0.3 is 0 Å². The number of imidazole rings is 1. The Hall–Kier alpha value is -2.04. The molecule has 5 heteroatoms. The molecule has 0 amide bonds. The minimum Gasteiger partial charge on any atom is -0.382 e. The standard InChI is InChI=1S/C8H9N5/c9-8(13-10)5-1-2-6-7(3-5)12-4-11-6/h1-4H,10H2,(H2,9,13)(H,11,12). The van der Waals surface area contributed by atoms with Crippen LogP contribution in [-0.4, -0.2) is 15.8 Å². The van der Waals surface area contributed by atoms with Crippen LogP contribution < -0.4 is 11.6 Å². The molecule has 1 aromatic heterocycles. The van der Waals surface area contributed by atoms with Crippen molar-refractivity contribution >= 4 is 16.9 Å². The first-order chi connectivity index (χ1) is 6.31. The Balaban J connectivity index is 2.60. The zero-order valence-electron chi connectivity index (χ0n) is 6.86. The lowest BCUT2D eigenvalue weighted by molar-refractivity contribution is 1.23. The molecule has 1 aromatic carbocycles. The molecular formula is C8H9N5. The van der Waals surface area contributed by atoms with Gasteiger partial charge in [-0.05, 0) is 18.2 Å². The number of amidine groups is 1. The number of nitrogens with two attached hydrogens (primary N) is 2. The number of fused-ring (bicyclic) bond motifs is 1. The molecule has 0 fully saturated rings. The van der Waals surface area contributed by atoms with Crippen LogP contribution in [0.3, 0.4) is 0 Å². The van der Waals surface area contributed by atoms with Gasteiger partial charge in [0.2, 0.25) is 0 Å². The van der Waals surface area contributed by atoms with Gasteiger partial charge in [-0.15, -0.1) is 0 Å². The zero-order chi connectivity index (χ0) is 9.26. The molecule has 0 atom stereocenters. The zero-order valence-corrected chi connectivity index (χ0v) is 6.86. The van der Waals surface area contributed by atoms with Gasteiger partial charge in [0.15, 0.2) is 0 Å². The smallest absolute Gasteiger partial charge is 0.150 e. The number of hydrogen-bond donors (Lipinski definition) is 3. The molecule has 0 saturated carbocycles. The fourth-order valence-corrected chi connectivity index (χ4v) is 1.17. The summed E-state index contributed by atoms with van der Waals surface area (Å²) < 4.78 is 0. The second kappa shape index (κ2) is 2.78. The topological polar surface area (TPSA) is 93.1 Å². The van der Waals surface area contributed by atoms with Crippen LogP contribution in [0.4, 0.5) is 0 Å². The first-order valence-electron chi connectivity index (χ1n) is 3.78. The van der Waals surface area contributed by atoms with Crippen molar-refractivity contribution in [2.45, 2.75) is 0 Å². The summed E-state index contributed by atoms with van der Waals surface area (Å²) in [5, 5.41) is 3.41. The lowest BCUT2D eigenvalue weighted by Crippen LogP contribution is -2.15. The summed E-state index contributed by atoms with van der Waals surface area (Å²) in [6, 6.07) is 5.54. The number of hydrazone groups is 1. The van der Waals surface area contributed by atoms with Crippen LogP contribution in [-0.2, 0) is 0 Å². The molecule has 5 nitrogen and oxygen atoms in total. The molecule has 0 bridgehead atoms.